The van der Waals surface area contributed by atoms with E-state index < -0.39 is 20.8 Å². The lowest BCUT2D eigenvalue weighted by Gasteiger charge is -2.24. The molecule has 9 heteroatoms. The SMILES string of the molecule is CC.O=C(OCOP(=O)(O)OCc1ccccc1)OC1COC1. The molecule has 1 N–H and O–H groups in total. The maximum absolute atomic E-state index is 11.5. The number of carbonyl (C=O) groups is 1. The van der Waals surface area contributed by atoms with Crippen molar-refractivity contribution in [2.75, 3.05) is 20.0 Å². The van der Waals surface area contributed by atoms with Gasteiger partial charge in [0.1, 0.15) is 0 Å². The Labute approximate surface area is 134 Å². The number of hydrogen-bond acceptors (Lipinski definition) is 7. The fourth-order valence-electron chi connectivity index (χ4n) is 1.36. The molecule has 1 saturated heterocycles. The lowest BCUT2D eigenvalue weighted by atomic mass is 10.2. The lowest BCUT2D eigenvalue weighted by Crippen LogP contribution is -2.38. The van der Waals surface area contributed by atoms with Gasteiger partial charge < -0.3 is 19.1 Å². The standard InChI is InChI=1S/C12H15O8P.C2H6/c13-12(20-11-7-16-8-11)17-9-19-21(14,15)18-6-10-4-2-1-3-5-10;1-2/h1-5,11H,6-9H2,(H,14,15);1-2H3. The summed E-state index contributed by atoms with van der Waals surface area (Å²) < 4.78 is 34.8. The molecule has 1 unspecified atom stereocenters. The van der Waals surface area contributed by atoms with Gasteiger partial charge in [-0.25, -0.2) is 13.9 Å². The molecular weight excluding hydrogens is 327 g/mol. The van der Waals surface area contributed by atoms with Crippen molar-refractivity contribution in [2.24, 2.45) is 0 Å². The summed E-state index contributed by atoms with van der Waals surface area (Å²) in [4.78, 5) is 20.5. The minimum atomic E-state index is -4.30. The number of hydrogen-bond donors (Lipinski definition) is 1. The molecule has 8 nitrogen and oxygen atoms in total. The molecule has 0 saturated carbocycles. The van der Waals surface area contributed by atoms with E-state index in [1.807, 2.05) is 19.9 Å². The van der Waals surface area contributed by atoms with Gasteiger partial charge in [0, 0.05) is 0 Å². The Kier molecular flexibility index (Phi) is 8.83. The summed E-state index contributed by atoms with van der Waals surface area (Å²) in [6, 6.07) is 8.81. The number of ether oxygens (including phenoxy) is 3. The number of benzene rings is 1. The van der Waals surface area contributed by atoms with Crippen LogP contribution in [-0.4, -0.2) is 37.2 Å². The molecule has 1 heterocycles. The zero-order chi connectivity index (χ0) is 17.1. The third-order valence-electron chi connectivity index (χ3n) is 2.50. The summed E-state index contributed by atoms with van der Waals surface area (Å²) in [5.74, 6) is 0. The van der Waals surface area contributed by atoms with Gasteiger partial charge in [0.15, 0.2) is 6.10 Å². The largest absolute Gasteiger partial charge is 0.510 e. The Balaban J connectivity index is 0.00000127. The number of phosphoric acid groups is 1. The van der Waals surface area contributed by atoms with Gasteiger partial charge >= 0.3 is 14.0 Å². The molecule has 1 aliphatic rings. The molecule has 23 heavy (non-hydrogen) atoms. The Morgan fingerprint density at radius 1 is 1.26 bits per heavy atom. The van der Waals surface area contributed by atoms with Crippen molar-refractivity contribution >= 4 is 14.0 Å². The van der Waals surface area contributed by atoms with Crippen molar-refractivity contribution in [3.05, 3.63) is 35.9 Å². The van der Waals surface area contributed by atoms with Crippen molar-refractivity contribution < 1.29 is 37.5 Å². The van der Waals surface area contributed by atoms with Crippen LogP contribution in [-0.2, 0) is 34.4 Å². The van der Waals surface area contributed by atoms with Gasteiger partial charge in [0.05, 0.1) is 19.8 Å². The van der Waals surface area contributed by atoms with Crippen LogP contribution in [0.1, 0.15) is 19.4 Å². The maximum Gasteiger partial charge on any atom is 0.510 e. The average Bonchev–Trinajstić information content (AvgIpc) is 2.52. The van der Waals surface area contributed by atoms with Crippen LogP contribution in [0.5, 0.6) is 0 Å². The second-order valence-electron chi connectivity index (χ2n) is 4.15. The van der Waals surface area contributed by atoms with E-state index in [1.54, 1.807) is 24.3 Å². The third-order valence-corrected chi connectivity index (χ3v) is 3.39. The minimum absolute atomic E-state index is 0.0987. The highest BCUT2D eigenvalue weighted by Gasteiger charge is 2.25. The molecule has 1 aromatic carbocycles. The molecule has 0 aliphatic carbocycles. The molecule has 1 aromatic rings. The molecule has 0 bridgehead atoms. The quantitative estimate of drug-likeness (QED) is 0.456. The van der Waals surface area contributed by atoms with Crippen LogP contribution >= 0.6 is 7.82 Å². The van der Waals surface area contributed by atoms with E-state index in [2.05, 4.69) is 9.26 Å². The predicted molar refractivity (Wildman–Crippen MR) is 80.5 cm³/mol. The predicted octanol–water partition coefficient (Wildman–Crippen LogP) is 2.86. The van der Waals surface area contributed by atoms with Gasteiger partial charge in [0.25, 0.3) is 0 Å². The summed E-state index contributed by atoms with van der Waals surface area (Å²) in [5, 5.41) is 0. The van der Waals surface area contributed by atoms with E-state index in [0.717, 1.165) is 0 Å². The van der Waals surface area contributed by atoms with Crippen LogP contribution in [0.15, 0.2) is 30.3 Å². The van der Waals surface area contributed by atoms with Crippen LogP contribution in [0, 0.1) is 0 Å². The van der Waals surface area contributed by atoms with Crippen molar-refractivity contribution in [2.45, 2.75) is 26.6 Å². The first-order valence-corrected chi connectivity index (χ1v) is 8.62. The monoisotopic (exact) mass is 348 g/mol. The van der Waals surface area contributed by atoms with Gasteiger partial charge in [-0.2, -0.15) is 0 Å². The molecule has 2 rings (SSSR count). The Morgan fingerprint density at radius 2 is 1.91 bits per heavy atom. The first-order valence-electron chi connectivity index (χ1n) is 7.12. The van der Waals surface area contributed by atoms with Crippen molar-refractivity contribution in [3.8, 4) is 0 Å². The first kappa shape index (κ1) is 19.6. The van der Waals surface area contributed by atoms with Gasteiger partial charge in [-0.3, -0.25) is 4.52 Å². The smallest absolute Gasteiger partial charge is 0.426 e. The summed E-state index contributed by atoms with van der Waals surface area (Å²) in [6.45, 7) is 3.79. The normalized spacial score (nSPS) is 16.3. The van der Waals surface area contributed by atoms with E-state index in [0.29, 0.717) is 18.8 Å². The van der Waals surface area contributed by atoms with E-state index in [4.69, 9.17) is 14.0 Å². The van der Waals surface area contributed by atoms with Crippen LogP contribution < -0.4 is 0 Å². The highest BCUT2D eigenvalue weighted by Crippen LogP contribution is 2.43. The van der Waals surface area contributed by atoms with Crippen molar-refractivity contribution in [1.29, 1.82) is 0 Å². The van der Waals surface area contributed by atoms with Crippen molar-refractivity contribution in [3.63, 3.8) is 0 Å². The second-order valence-corrected chi connectivity index (χ2v) is 5.60. The van der Waals surface area contributed by atoms with E-state index in [9.17, 15) is 14.3 Å². The summed E-state index contributed by atoms with van der Waals surface area (Å²) in [6.07, 6.45) is -1.33. The lowest BCUT2D eigenvalue weighted by molar-refractivity contribution is -0.120. The van der Waals surface area contributed by atoms with Crippen LogP contribution in [0.25, 0.3) is 0 Å². The van der Waals surface area contributed by atoms with E-state index in [-0.39, 0.29) is 12.7 Å². The Morgan fingerprint density at radius 3 is 2.48 bits per heavy atom. The zero-order valence-corrected chi connectivity index (χ0v) is 13.9. The van der Waals surface area contributed by atoms with Gasteiger partial charge in [0.2, 0.25) is 6.79 Å². The Hall–Kier alpha value is -1.44. The summed E-state index contributed by atoms with van der Waals surface area (Å²) in [7, 11) is -4.30. The Bertz CT molecular complexity index is 503. The number of carbonyl (C=O) groups excluding carboxylic acids is 1. The van der Waals surface area contributed by atoms with Crippen molar-refractivity contribution in [1.82, 2.24) is 0 Å². The molecule has 1 atom stereocenters. The van der Waals surface area contributed by atoms with Gasteiger partial charge in [-0.15, -0.1) is 0 Å². The summed E-state index contributed by atoms with van der Waals surface area (Å²) in [5.41, 5.74) is 0.709. The highest BCUT2D eigenvalue weighted by atomic mass is 31.2. The maximum atomic E-state index is 11.5. The molecular formula is C14H21O8P. The fourth-order valence-corrected chi connectivity index (χ4v) is 1.93. The zero-order valence-electron chi connectivity index (χ0n) is 13.0. The first-order chi connectivity index (χ1) is 11.1. The van der Waals surface area contributed by atoms with Crippen LogP contribution in [0.3, 0.4) is 0 Å². The molecule has 0 spiro atoms. The fraction of sp³-hybridized carbons (Fsp3) is 0.500. The second kappa shape index (κ2) is 10.4. The van der Waals surface area contributed by atoms with Gasteiger partial charge in [-0.1, -0.05) is 44.2 Å². The third kappa shape index (κ3) is 8.11. The van der Waals surface area contributed by atoms with Gasteiger partial charge in [-0.05, 0) is 5.56 Å². The number of rotatable bonds is 7. The minimum Gasteiger partial charge on any atom is -0.426 e. The molecule has 130 valence electrons. The highest BCUT2D eigenvalue weighted by molar-refractivity contribution is 7.47. The molecule has 1 fully saturated rings. The molecule has 0 radical (unpaired) electrons. The average molecular weight is 348 g/mol. The molecule has 1 aliphatic heterocycles. The van der Waals surface area contributed by atoms with Crippen LogP contribution in [0.2, 0.25) is 0 Å². The van der Waals surface area contributed by atoms with E-state index >= 15 is 0 Å². The number of phosphoric ester groups is 1. The van der Waals surface area contributed by atoms with E-state index in [1.165, 1.54) is 0 Å². The topological polar surface area (TPSA) is 101 Å². The van der Waals surface area contributed by atoms with Crippen LogP contribution in [0.4, 0.5) is 4.79 Å². The molecule has 0 amide bonds. The summed E-state index contributed by atoms with van der Waals surface area (Å²) >= 11 is 0. The molecule has 0 aromatic heterocycles.